The summed E-state index contributed by atoms with van der Waals surface area (Å²) < 4.78 is 0. The van der Waals surface area contributed by atoms with Crippen LogP contribution in [0.25, 0.3) is 0 Å². The van der Waals surface area contributed by atoms with Gasteiger partial charge < -0.3 is 10.4 Å². The molecule has 72 valence electrons. The minimum absolute atomic E-state index is 0.201. The van der Waals surface area contributed by atoms with E-state index in [4.69, 9.17) is 6.42 Å². The first-order chi connectivity index (χ1) is 6.79. The molecule has 0 spiro atoms. The highest BCUT2D eigenvalue weighted by atomic mass is 16.3. The smallest absolute Gasteiger partial charge is 0.0763 e. The molecule has 1 aromatic rings. The zero-order chi connectivity index (χ0) is 9.97. The second-order valence-corrected chi connectivity index (χ2v) is 3.60. The maximum absolute atomic E-state index is 9.46. The molecule has 1 atom stereocenters. The molecule has 0 saturated heterocycles. The van der Waals surface area contributed by atoms with Crippen LogP contribution < -0.4 is 5.32 Å². The van der Waals surface area contributed by atoms with Gasteiger partial charge in [-0.1, -0.05) is 12.0 Å². The van der Waals surface area contributed by atoms with Gasteiger partial charge in [-0.3, -0.25) is 0 Å². The molecule has 2 heteroatoms. The topological polar surface area (TPSA) is 32.3 Å². The number of aliphatic hydroxyl groups excluding tert-OH is 1. The van der Waals surface area contributed by atoms with E-state index < -0.39 is 0 Å². The quantitative estimate of drug-likeness (QED) is 0.682. The molecule has 0 heterocycles. The lowest BCUT2D eigenvalue weighted by molar-refractivity contribution is 0.187. The van der Waals surface area contributed by atoms with Crippen LogP contribution in [-0.4, -0.2) is 17.8 Å². The van der Waals surface area contributed by atoms with Gasteiger partial charge in [0.15, 0.2) is 0 Å². The molecule has 1 unspecified atom stereocenters. The molecule has 0 aromatic heterocycles. The van der Waals surface area contributed by atoms with Gasteiger partial charge in [0.25, 0.3) is 0 Å². The van der Waals surface area contributed by atoms with Crippen molar-refractivity contribution in [3.63, 3.8) is 0 Å². The lowest BCUT2D eigenvalue weighted by atomic mass is 10.1. The summed E-state index contributed by atoms with van der Waals surface area (Å²) in [5.74, 6) is 2.53. The predicted molar refractivity (Wildman–Crippen MR) is 57.2 cm³/mol. The van der Waals surface area contributed by atoms with Crippen LogP contribution >= 0.6 is 0 Å². The highest BCUT2D eigenvalue weighted by Crippen LogP contribution is 2.25. The third-order valence-electron chi connectivity index (χ3n) is 2.51. The van der Waals surface area contributed by atoms with Crippen LogP contribution in [-0.2, 0) is 12.8 Å². The van der Waals surface area contributed by atoms with E-state index in [9.17, 15) is 5.11 Å². The molecule has 0 aliphatic heterocycles. The van der Waals surface area contributed by atoms with E-state index in [0.717, 1.165) is 18.5 Å². The monoisotopic (exact) mass is 187 g/mol. The van der Waals surface area contributed by atoms with Gasteiger partial charge >= 0.3 is 0 Å². The molecule has 2 N–H and O–H groups in total. The van der Waals surface area contributed by atoms with E-state index in [1.807, 2.05) is 6.07 Å². The molecule has 2 rings (SSSR count). The zero-order valence-electron chi connectivity index (χ0n) is 7.96. The molecular formula is C12H13NO. The van der Waals surface area contributed by atoms with Gasteiger partial charge in [-0.15, -0.1) is 6.42 Å². The number of rotatable bonds is 2. The van der Waals surface area contributed by atoms with Crippen LogP contribution in [0.5, 0.6) is 0 Å². The Labute approximate surface area is 84.0 Å². The summed E-state index contributed by atoms with van der Waals surface area (Å²) in [7, 11) is 0. The molecule has 0 amide bonds. The normalized spacial score (nSPS) is 18.7. The number of benzene rings is 1. The Bertz CT molecular complexity index is 378. The van der Waals surface area contributed by atoms with Gasteiger partial charge in [0.05, 0.1) is 12.6 Å². The van der Waals surface area contributed by atoms with Crippen molar-refractivity contribution in [2.24, 2.45) is 0 Å². The summed E-state index contributed by atoms with van der Waals surface area (Å²) in [6, 6.07) is 6.14. The number of anilines is 1. The maximum Gasteiger partial charge on any atom is 0.0763 e. The Hall–Kier alpha value is -1.46. The van der Waals surface area contributed by atoms with Gasteiger partial charge in [-0.25, -0.2) is 0 Å². The van der Waals surface area contributed by atoms with E-state index in [0.29, 0.717) is 6.54 Å². The van der Waals surface area contributed by atoms with Crippen LogP contribution in [0.4, 0.5) is 5.69 Å². The second kappa shape index (κ2) is 3.73. The standard InChI is InChI=1S/C12H13NO/c1-2-5-13-11-4-3-9-7-12(14)8-10(9)6-11/h1,3-4,6,12-14H,5,7-8H2. The Morgan fingerprint density at radius 2 is 2.21 bits per heavy atom. The van der Waals surface area contributed by atoms with Gasteiger partial charge in [0, 0.05) is 5.69 Å². The van der Waals surface area contributed by atoms with E-state index >= 15 is 0 Å². The summed E-state index contributed by atoms with van der Waals surface area (Å²) in [6.07, 6.45) is 6.50. The second-order valence-electron chi connectivity index (χ2n) is 3.60. The largest absolute Gasteiger partial charge is 0.392 e. The highest BCUT2D eigenvalue weighted by molar-refractivity contribution is 5.51. The molecule has 0 fully saturated rings. The van der Waals surface area contributed by atoms with Crippen LogP contribution in [0.3, 0.4) is 0 Å². The Balaban J connectivity index is 2.17. The van der Waals surface area contributed by atoms with Crippen molar-refractivity contribution in [3.05, 3.63) is 29.3 Å². The van der Waals surface area contributed by atoms with Gasteiger partial charge in [-0.05, 0) is 36.1 Å². The van der Waals surface area contributed by atoms with Crippen molar-refractivity contribution >= 4 is 5.69 Å². The molecule has 1 aromatic carbocycles. The summed E-state index contributed by atoms with van der Waals surface area (Å²) in [4.78, 5) is 0. The van der Waals surface area contributed by atoms with Crippen LogP contribution in [0.15, 0.2) is 18.2 Å². The van der Waals surface area contributed by atoms with Crippen molar-refractivity contribution < 1.29 is 5.11 Å². The van der Waals surface area contributed by atoms with Crippen molar-refractivity contribution in [1.82, 2.24) is 0 Å². The number of terminal acetylenes is 1. The minimum atomic E-state index is -0.201. The van der Waals surface area contributed by atoms with E-state index in [1.54, 1.807) is 0 Å². The van der Waals surface area contributed by atoms with Crippen molar-refractivity contribution in [3.8, 4) is 12.3 Å². The fourth-order valence-electron chi connectivity index (χ4n) is 1.86. The van der Waals surface area contributed by atoms with Crippen LogP contribution in [0, 0.1) is 12.3 Å². The molecule has 2 nitrogen and oxygen atoms in total. The summed E-state index contributed by atoms with van der Waals surface area (Å²) in [6.45, 7) is 0.543. The first-order valence-electron chi connectivity index (χ1n) is 4.77. The lowest BCUT2D eigenvalue weighted by Gasteiger charge is -2.04. The van der Waals surface area contributed by atoms with Crippen LogP contribution in [0.1, 0.15) is 11.1 Å². The van der Waals surface area contributed by atoms with E-state index in [2.05, 4.69) is 23.4 Å². The van der Waals surface area contributed by atoms with Crippen LogP contribution in [0.2, 0.25) is 0 Å². The lowest BCUT2D eigenvalue weighted by Crippen LogP contribution is -2.03. The van der Waals surface area contributed by atoms with Gasteiger partial charge in [0.2, 0.25) is 0 Å². The Morgan fingerprint density at radius 1 is 1.43 bits per heavy atom. The Kier molecular flexibility index (Phi) is 2.43. The summed E-state index contributed by atoms with van der Waals surface area (Å²) >= 11 is 0. The number of hydrogen-bond donors (Lipinski definition) is 2. The minimum Gasteiger partial charge on any atom is -0.392 e. The number of hydrogen-bond acceptors (Lipinski definition) is 2. The molecule has 1 aliphatic carbocycles. The molecule has 0 saturated carbocycles. The predicted octanol–water partition coefficient (Wildman–Crippen LogP) is 1.19. The molecule has 14 heavy (non-hydrogen) atoms. The SMILES string of the molecule is C#CCNc1ccc2c(c1)CC(O)C2. The summed E-state index contributed by atoms with van der Waals surface area (Å²) in [5, 5.41) is 12.6. The molecular weight excluding hydrogens is 174 g/mol. The fraction of sp³-hybridized carbons (Fsp3) is 0.333. The van der Waals surface area contributed by atoms with Crippen molar-refractivity contribution in [2.45, 2.75) is 18.9 Å². The Morgan fingerprint density at radius 3 is 3.00 bits per heavy atom. The van der Waals surface area contributed by atoms with E-state index in [1.165, 1.54) is 11.1 Å². The first-order valence-corrected chi connectivity index (χ1v) is 4.77. The van der Waals surface area contributed by atoms with Gasteiger partial charge in [0.1, 0.15) is 0 Å². The van der Waals surface area contributed by atoms with Crippen molar-refractivity contribution in [1.29, 1.82) is 0 Å². The number of fused-ring (bicyclic) bond motifs is 1. The first kappa shape index (κ1) is 9.11. The van der Waals surface area contributed by atoms with E-state index in [-0.39, 0.29) is 6.10 Å². The molecule has 0 radical (unpaired) electrons. The highest BCUT2D eigenvalue weighted by Gasteiger charge is 2.18. The summed E-state index contributed by atoms with van der Waals surface area (Å²) in [5.41, 5.74) is 3.53. The average molecular weight is 187 g/mol. The number of nitrogens with one attached hydrogen (secondary N) is 1. The number of aliphatic hydroxyl groups is 1. The molecule has 0 bridgehead atoms. The maximum atomic E-state index is 9.46. The fourth-order valence-corrected chi connectivity index (χ4v) is 1.86. The van der Waals surface area contributed by atoms with Crippen molar-refractivity contribution in [2.75, 3.05) is 11.9 Å². The average Bonchev–Trinajstić information content (AvgIpc) is 2.54. The third kappa shape index (κ3) is 1.73. The zero-order valence-corrected chi connectivity index (χ0v) is 7.96. The third-order valence-corrected chi connectivity index (χ3v) is 2.51. The van der Waals surface area contributed by atoms with Gasteiger partial charge in [-0.2, -0.15) is 0 Å². The molecule has 1 aliphatic rings.